The lowest BCUT2D eigenvalue weighted by atomic mass is 9.98. The number of ether oxygens (including phenoxy) is 1. The van der Waals surface area contributed by atoms with Crippen LogP contribution in [-0.2, 0) is 9.53 Å². The summed E-state index contributed by atoms with van der Waals surface area (Å²) in [6.07, 6.45) is -0.422. The largest absolute Gasteiger partial charge is 0.480 e. The summed E-state index contributed by atoms with van der Waals surface area (Å²) in [6, 6.07) is 15.1. The van der Waals surface area contributed by atoms with Crippen LogP contribution in [0.4, 0.5) is 4.79 Å². The SMILES string of the molecule is O=C(N[C@H](CCBr)C(=O)O)OCC1c2ccccc2-c2ccccc21. The molecule has 0 radical (unpaired) electrons. The van der Waals surface area contributed by atoms with Crippen molar-refractivity contribution in [2.24, 2.45) is 0 Å². The molecule has 5 nitrogen and oxygen atoms in total. The van der Waals surface area contributed by atoms with Crippen LogP contribution in [0.3, 0.4) is 0 Å². The van der Waals surface area contributed by atoms with Gasteiger partial charge in [0.05, 0.1) is 0 Å². The van der Waals surface area contributed by atoms with E-state index in [2.05, 4.69) is 33.4 Å². The number of hydrogen-bond acceptors (Lipinski definition) is 3. The van der Waals surface area contributed by atoms with Crippen LogP contribution in [0, 0.1) is 0 Å². The Morgan fingerprint density at radius 3 is 2.16 bits per heavy atom. The summed E-state index contributed by atoms with van der Waals surface area (Å²) in [7, 11) is 0. The fourth-order valence-corrected chi connectivity index (χ4v) is 3.61. The van der Waals surface area contributed by atoms with Gasteiger partial charge in [-0.3, -0.25) is 0 Å². The first kappa shape index (κ1) is 17.5. The lowest BCUT2D eigenvalue weighted by molar-refractivity contribution is -0.139. The molecule has 0 aliphatic heterocycles. The van der Waals surface area contributed by atoms with Gasteiger partial charge in [-0.05, 0) is 28.7 Å². The average molecular weight is 404 g/mol. The molecule has 1 aliphatic rings. The summed E-state index contributed by atoms with van der Waals surface area (Å²) in [5.41, 5.74) is 4.53. The van der Waals surface area contributed by atoms with Crippen molar-refractivity contribution < 1.29 is 19.4 Å². The molecule has 0 saturated heterocycles. The summed E-state index contributed by atoms with van der Waals surface area (Å²) in [5.74, 6) is -1.12. The molecule has 2 aromatic carbocycles. The van der Waals surface area contributed by atoms with Gasteiger partial charge in [0.15, 0.2) is 0 Å². The first-order chi connectivity index (χ1) is 12.1. The molecule has 0 heterocycles. The Kier molecular flexibility index (Phi) is 5.38. The van der Waals surface area contributed by atoms with Gasteiger partial charge in [-0.15, -0.1) is 0 Å². The minimum absolute atomic E-state index is 0.0439. The number of carboxylic acids is 1. The predicted molar refractivity (Wildman–Crippen MR) is 98.0 cm³/mol. The minimum atomic E-state index is -1.08. The summed E-state index contributed by atoms with van der Waals surface area (Å²) < 4.78 is 5.34. The molecule has 0 saturated carbocycles. The van der Waals surface area contributed by atoms with Crippen LogP contribution < -0.4 is 5.32 Å². The van der Waals surface area contributed by atoms with E-state index >= 15 is 0 Å². The molecule has 1 amide bonds. The van der Waals surface area contributed by atoms with Crippen molar-refractivity contribution in [2.75, 3.05) is 11.9 Å². The molecule has 2 N–H and O–H groups in total. The molecule has 0 aromatic heterocycles. The molecule has 6 heteroatoms. The van der Waals surface area contributed by atoms with Crippen molar-refractivity contribution in [3.8, 4) is 11.1 Å². The van der Waals surface area contributed by atoms with Crippen LogP contribution in [0.25, 0.3) is 11.1 Å². The van der Waals surface area contributed by atoms with E-state index < -0.39 is 18.1 Å². The molecule has 2 aromatic rings. The van der Waals surface area contributed by atoms with E-state index in [1.807, 2.05) is 36.4 Å². The van der Waals surface area contributed by atoms with Gasteiger partial charge >= 0.3 is 12.1 Å². The van der Waals surface area contributed by atoms with E-state index in [1.54, 1.807) is 0 Å². The molecule has 25 heavy (non-hydrogen) atoms. The molecule has 130 valence electrons. The first-order valence-corrected chi connectivity index (χ1v) is 9.14. The normalized spacial score (nSPS) is 13.6. The van der Waals surface area contributed by atoms with Crippen LogP contribution in [0.15, 0.2) is 48.5 Å². The van der Waals surface area contributed by atoms with Gasteiger partial charge in [-0.25, -0.2) is 9.59 Å². The maximum absolute atomic E-state index is 12.0. The molecule has 0 fully saturated rings. The van der Waals surface area contributed by atoms with Crippen molar-refractivity contribution in [3.63, 3.8) is 0 Å². The van der Waals surface area contributed by atoms with Gasteiger partial charge < -0.3 is 15.2 Å². The second-order valence-electron chi connectivity index (χ2n) is 5.84. The Labute approximate surface area is 154 Å². The number of rotatable bonds is 6. The van der Waals surface area contributed by atoms with Crippen LogP contribution in [0.1, 0.15) is 23.5 Å². The highest BCUT2D eigenvalue weighted by molar-refractivity contribution is 9.09. The van der Waals surface area contributed by atoms with Gasteiger partial charge in [0.1, 0.15) is 12.6 Å². The van der Waals surface area contributed by atoms with E-state index in [0.717, 1.165) is 22.3 Å². The van der Waals surface area contributed by atoms with Crippen molar-refractivity contribution >= 4 is 28.0 Å². The number of carbonyl (C=O) groups excluding carboxylic acids is 1. The minimum Gasteiger partial charge on any atom is -0.480 e. The number of nitrogens with one attached hydrogen (secondary N) is 1. The number of aliphatic carboxylic acids is 1. The van der Waals surface area contributed by atoms with Gasteiger partial charge in [-0.1, -0.05) is 64.5 Å². The summed E-state index contributed by atoms with van der Waals surface area (Å²) in [5, 5.41) is 12.0. The quantitative estimate of drug-likeness (QED) is 0.719. The second-order valence-corrected chi connectivity index (χ2v) is 6.63. The summed E-state index contributed by atoms with van der Waals surface area (Å²) >= 11 is 3.18. The zero-order chi connectivity index (χ0) is 17.8. The third kappa shape index (κ3) is 3.69. The molecular formula is C19H18BrNO4. The Hall–Kier alpha value is -2.34. The number of carbonyl (C=O) groups is 2. The molecule has 3 rings (SSSR count). The molecule has 0 spiro atoms. The fraction of sp³-hybridized carbons (Fsp3) is 0.263. The number of alkyl halides is 1. The molecule has 1 aliphatic carbocycles. The van der Waals surface area contributed by atoms with Crippen molar-refractivity contribution in [2.45, 2.75) is 18.4 Å². The van der Waals surface area contributed by atoms with Crippen LogP contribution in [-0.4, -0.2) is 35.1 Å². The fourth-order valence-electron chi connectivity index (χ4n) is 3.15. The Balaban J connectivity index is 1.71. The number of carboxylic acid groups (broad SMARTS) is 1. The van der Waals surface area contributed by atoms with E-state index in [4.69, 9.17) is 9.84 Å². The van der Waals surface area contributed by atoms with Gasteiger partial charge in [0.2, 0.25) is 0 Å². The third-order valence-corrected chi connectivity index (χ3v) is 4.79. The number of alkyl carbamates (subject to hydrolysis) is 1. The van der Waals surface area contributed by atoms with E-state index in [-0.39, 0.29) is 12.5 Å². The molecule has 0 bridgehead atoms. The van der Waals surface area contributed by atoms with E-state index in [1.165, 1.54) is 0 Å². The third-order valence-electron chi connectivity index (χ3n) is 4.33. The van der Waals surface area contributed by atoms with Crippen molar-refractivity contribution in [1.82, 2.24) is 5.32 Å². The van der Waals surface area contributed by atoms with E-state index in [9.17, 15) is 9.59 Å². The Morgan fingerprint density at radius 2 is 1.64 bits per heavy atom. The van der Waals surface area contributed by atoms with Crippen LogP contribution in [0.2, 0.25) is 0 Å². The molecule has 0 unspecified atom stereocenters. The van der Waals surface area contributed by atoms with E-state index in [0.29, 0.717) is 11.8 Å². The van der Waals surface area contributed by atoms with Crippen molar-refractivity contribution in [1.29, 1.82) is 0 Å². The number of hydrogen-bond donors (Lipinski definition) is 2. The number of halogens is 1. The lowest BCUT2D eigenvalue weighted by Gasteiger charge is -2.17. The van der Waals surface area contributed by atoms with Crippen molar-refractivity contribution in [3.05, 3.63) is 59.7 Å². The zero-order valence-corrected chi connectivity index (χ0v) is 15.0. The van der Waals surface area contributed by atoms with Crippen LogP contribution in [0.5, 0.6) is 0 Å². The average Bonchev–Trinajstić information content (AvgIpc) is 2.93. The Bertz CT molecular complexity index is 747. The number of amides is 1. The van der Waals surface area contributed by atoms with Crippen LogP contribution >= 0.6 is 15.9 Å². The number of fused-ring (bicyclic) bond motifs is 3. The highest BCUT2D eigenvalue weighted by Crippen LogP contribution is 2.44. The summed E-state index contributed by atoms with van der Waals surface area (Å²) in [6.45, 7) is 0.167. The lowest BCUT2D eigenvalue weighted by Crippen LogP contribution is -2.41. The predicted octanol–water partition coefficient (Wildman–Crippen LogP) is 3.76. The topological polar surface area (TPSA) is 75.6 Å². The highest BCUT2D eigenvalue weighted by atomic mass is 79.9. The monoisotopic (exact) mass is 403 g/mol. The zero-order valence-electron chi connectivity index (χ0n) is 13.4. The Morgan fingerprint density at radius 1 is 1.08 bits per heavy atom. The van der Waals surface area contributed by atoms with Gasteiger partial charge in [0, 0.05) is 11.2 Å². The molecular weight excluding hydrogens is 386 g/mol. The second kappa shape index (κ2) is 7.70. The standard InChI is InChI=1S/C19H18BrNO4/c20-10-9-17(18(22)23)21-19(24)25-11-16-14-7-3-1-5-12(14)13-6-2-4-8-15(13)16/h1-8,16-17H,9-11H2,(H,21,24)(H,22,23)/t17-/m1/s1. The smallest absolute Gasteiger partial charge is 0.407 e. The highest BCUT2D eigenvalue weighted by Gasteiger charge is 2.29. The van der Waals surface area contributed by atoms with Gasteiger partial charge in [-0.2, -0.15) is 0 Å². The molecule has 1 atom stereocenters. The maximum atomic E-state index is 12.0. The first-order valence-electron chi connectivity index (χ1n) is 8.02. The van der Waals surface area contributed by atoms with Gasteiger partial charge in [0.25, 0.3) is 0 Å². The summed E-state index contributed by atoms with van der Waals surface area (Å²) in [4.78, 5) is 23.1. The maximum Gasteiger partial charge on any atom is 0.407 e. The number of benzene rings is 2.